The first-order valence-electron chi connectivity index (χ1n) is 6.97. The van der Waals surface area contributed by atoms with Crippen LogP contribution in [0.2, 0.25) is 5.02 Å². The molecule has 0 amide bonds. The Hall–Kier alpha value is -1.58. The molecular weight excluding hydrogens is 289 g/mol. The maximum absolute atomic E-state index is 14.1. The van der Waals surface area contributed by atoms with Crippen molar-refractivity contribution in [3.63, 3.8) is 0 Å². The second kappa shape index (κ2) is 6.92. The van der Waals surface area contributed by atoms with Crippen LogP contribution in [-0.4, -0.2) is 6.04 Å². The van der Waals surface area contributed by atoms with Gasteiger partial charge in [-0.05, 0) is 61.2 Å². The smallest absolute Gasteiger partial charge is 0.165 e. The molecule has 0 heterocycles. The van der Waals surface area contributed by atoms with Gasteiger partial charge in [0.05, 0.1) is 0 Å². The van der Waals surface area contributed by atoms with E-state index in [1.165, 1.54) is 6.07 Å². The summed E-state index contributed by atoms with van der Waals surface area (Å²) in [5.41, 5.74) is 7.65. The zero-order valence-electron chi connectivity index (χ0n) is 12.2. The third-order valence-electron chi connectivity index (χ3n) is 3.38. The van der Waals surface area contributed by atoms with Gasteiger partial charge in [-0.25, -0.2) is 4.39 Å². The average molecular weight is 308 g/mol. The molecule has 0 aliphatic rings. The monoisotopic (exact) mass is 307 g/mol. The van der Waals surface area contributed by atoms with Gasteiger partial charge >= 0.3 is 0 Å². The minimum atomic E-state index is -0.386. The van der Waals surface area contributed by atoms with E-state index in [0.29, 0.717) is 17.2 Å². The van der Waals surface area contributed by atoms with Crippen molar-refractivity contribution in [3.8, 4) is 11.5 Å². The van der Waals surface area contributed by atoms with Gasteiger partial charge in [0, 0.05) is 11.1 Å². The largest absolute Gasteiger partial charge is 0.454 e. The van der Waals surface area contributed by atoms with Crippen molar-refractivity contribution in [3.05, 3.63) is 58.4 Å². The van der Waals surface area contributed by atoms with Gasteiger partial charge in [-0.15, -0.1) is 0 Å². The summed E-state index contributed by atoms with van der Waals surface area (Å²) in [6, 6.07) is 10.2. The van der Waals surface area contributed by atoms with E-state index in [4.69, 9.17) is 22.1 Å². The standard InChI is InChI=1S/C17H19ClFNO/c1-3-13(20)9-12-4-7-17(16(19)10-12)21-14-5-6-15(18)11(2)8-14/h4-8,10,13H,3,9,20H2,1-2H3. The third-order valence-corrected chi connectivity index (χ3v) is 3.80. The molecule has 1 atom stereocenters. The minimum Gasteiger partial charge on any atom is -0.454 e. The summed E-state index contributed by atoms with van der Waals surface area (Å²) in [6.07, 6.45) is 1.53. The number of aryl methyl sites for hydroxylation is 1. The topological polar surface area (TPSA) is 35.2 Å². The first-order valence-corrected chi connectivity index (χ1v) is 7.35. The Labute approximate surface area is 129 Å². The third kappa shape index (κ3) is 4.19. The molecule has 0 saturated carbocycles. The Bertz CT molecular complexity index is 630. The number of hydrogen-bond donors (Lipinski definition) is 1. The van der Waals surface area contributed by atoms with Gasteiger partial charge in [-0.3, -0.25) is 0 Å². The Morgan fingerprint density at radius 1 is 1.24 bits per heavy atom. The zero-order chi connectivity index (χ0) is 15.4. The van der Waals surface area contributed by atoms with Gasteiger partial charge in [0.25, 0.3) is 0 Å². The molecule has 0 radical (unpaired) electrons. The molecule has 2 aromatic carbocycles. The Morgan fingerprint density at radius 2 is 2.00 bits per heavy atom. The van der Waals surface area contributed by atoms with Gasteiger partial charge in [-0.2, -0.15) is 0 Å². The van der Waals surface area contributed by atoms with Gasteiger partial charge < -0.3 is 10.5 Å². The fourth-order valence-electron chi connectivity index (χ4n) is 2.01. The van der Waals surface area contributed by atoms with Crippen LogP contribution in [0.4, 0.5) is 4.39 Å². The van der Waals surface area contributed by atoms with E-state index in [0.717, 1.165) is 17.5 Å². The summed E-state index contributed by atoms with van der Waals surface area (Å²) >= 11 is 5.96. The maximum Gasteiger partial charge on any atom is 0.165 e. The number of benzene rings is 2. The quantitative estimate of drug-likeness (QED) is 0.856. The summed E-state index contributed by atoms with van der Waals surface area (Å²) < 4.78 is 19.6. The lowest BCUT2D eigenvalue weighted by Crippen LogP contribution is -2.21. The normalized spacial score (nSPS) is 12.2. The lowest BCUT2D eigenvalue weighted by Gasteiger charge is -2.11. The molecule has 0 aliphatic carbocycles. The van der Waals surface area contributed by atoms with Gasteiger partial charge in [0.1, 0.15) is 5.75 Å². The lowest BCUT2D eigenvalue weighted by molar-refractivity contribution is 0.441. The molecule has 2 N–H and O–H groups in total. The number of nitrogens with two attached hydrogens (primary N) is 1. The SMILES string of the molecule is CCC(N)Cc1ccc(Oc2ccc(Cl)c(C)c2)c(F)c1. The Kier molecular flexibility index (Phi) is 5.21. The number of rotatable bonds is 5. The highest BCUT2D eigenvalue weighted by atomic mass is 35.5. The van der Waals surface area contributed by atoms with E-state index in [-0.39, 0.29) is 17.6 Å². The van der Waals surface area contributed by atoms with Crippen LogP contribution in [0.1, 0.15) is 24.5 Å². The fourth-order valence-corrected chi connectivity index (χ4v) is 2.13. The molecule has 4 heteroatoms. The van der Waals surface area contributed by atoms with Gasteiger partial charge in [0.15, 0.2) is 11.6 Å². The molecule has 112 valence electrons. The van der Waals surface area contributed by atoms with Gasteiger partial charge in [-0.1, -0.05) is 24.6 Å². The highest BCUT2D eigenvalue weighted by Gasteiger charge is 2.09. The molecule has 0 aliphatic heterocycles. The molecule has 0 bridgehead atoms. The van der Waals surface area contributed by atoms with Crippen molar-refractivity contribution >= 4 is 11.6 Å². The van der Waals surface area contributed by atoms with Crippen molar-refractivity contribution in [1.82, 2.24) is 0 Å². The first-order chi connectivity index (χ1) is 9.99. The number of hydrogen-bond acceptors (Lipinski definition) is 2. The summed E-state index contributed by atoms with van der Waals surface area (Å²) in [7, 11) is 0. The van der Waals surface area contributed by atoms with Gasteiger partial charge in [0.2, 0.25) is 0 Å². The van der Waals surface area contributed by atoms with Crippen molar-refractivity contribution in [1.29, 1.82) is 0 Å². The number of ether oxygens (including phenoxy) is 1. The van der Waals surface area contributed by atoms with E-state index in [1.807, 2.05) is 19.9 Å². The highest BCUT2D eigenvalue weighted by molar-refractivity contribution is 6.31. The summed E-state index contributed by atoms with van der Waals surface area (Å²) in [5.74, 6) is 0.378. The maximum atomic E-state index is 14.1. The average Bonchev–Trinajstić information content (AvgIpc) is 2.45. The first kappa shape index (κ1) is 15.8. The summed E-state index contributed by atoms with van der Waals surface area (Å²) in [5, 5.41) is 0.659. The molecule has 0 saturated heterocycles. The van der Waals surface area contributed by atoms with Crippen molar-refractivity contribution in [2.75, 3.05) is 0 Å². The van der Waals surface area contributed by atoms with Crippen LogP contribution in [-0.2, 0) is 6.42 Å². The lowest BCUT2D eigenvalue weighted by atomic mass is 10.0. The molecule has 2 aromatic rings. The van der Waals surface area contributed by atoms with E-state index >= 15 is 0 Å². The minimum absolute atomic E-state index is 0.0510. The predicted molar refractivity (Wildman–Crippen MR) is 84.6 cm³/mol. The van der Waals surface area contributed by atoms with E-state index in [1.54, 1.807) is 24.3 Å². The molecule has 2 rings (SSSR count). The molecule has 0 aromatic heterocycles. The van der Waals surface area contributed by atoms with Crippen molar-refractivity contribution in [2.24, 2.45) is 5.73 Å². The van der Waals surface area contributed by atoms with Crippen molar-refractivity contribution < 1.29 is 9.13 Å². The summed E-state index contributed by atoms with van der Waals surface area (Å²) in [4.78, 5) is 0. The van der Waals surface area contributed by atoms with E-state index < -0.39 is 0 Å². The Balaban J connectivity index is 2.15. The zero-order valence-corrected chi connectivity index (χ0v) is 13.0. The van der Waals surface area contributed by atoms with Crippen LogP contribution in [0.5, 0.6) is 11.5 Å². The predicted octanol–water partition coefficient (Wildman–Crippen LogP) is 4.86. The Morgan fingerprint density at radius 3 is 2.62 bits per heavy atom. The second-order valence-corrected chi connectivity index (χ2v) is 5.56. The molecule has 21 heavy (non-hydrogen) atoms. The fraction of sp³-hybridized carbons (Fsp3) is 0.294. The molecule has 0 spiro atoms. The molecule has 2 nitrogen and oxygen atoms in total. The second-order valence-electron chi connectivity index (χ2n) is 5.15. The van der Waals surface area contributed by atoms with Crippen molar-refractivity contribution in [2.45, 2.75) is 32.7 Å². The highest BCUT2D eigenvalue weighted by Crippen LogP contribution is 2.28. The van der Waals surface area contributed by atoms with Crippen LogP contribution in [0.15, 0.2) is 36.4 Å². The van der Waals surface area contributed by atoms with E-state index in [2.05, 4.69) is 0 Å². The molecule has 1 unspecified atom stereocenters. The van der Waals surface area contributed by atoms with Crippen LogP contribution in [0.25, 0.3) is 0 Å². The van der Waals surface area contributed by atoms with Crippen LogP contribution in [0.3, 0.4) is 0 Å². The van der Waals surface area contributed by atoms with Crippen LogP contribution in [0, 0.1) is 12.7 Å². The van der Waals surface area contributed by atoms with E-state index in [9.17, 15) is 4.39 Å². The number of halogens is 2. The van der Waals surface area contributed by atoms with Crippen LogP contribution >= 0.6 is 11.6 Å². The molecular formula is C17H19ClFNO. The molecule has 0 fully saturated rings. The summed E-state index contributed by atoms with van der Waals surface area (Å²) in [6.45, 7) is 3.89. The van der Waals surface area contributed by atoms with Crippen LogP contribution < -0.4 is 10.5 Å².